The van der Waals surface area contributed by atoms with Crippen LogP contribution in [0.1, 0.15) is 246 Å². The molecule has 0 spiro atoms. The number of likely N-dealkylation sites (N-methyl/N-ethyl adjacent to an activating group) is 1. The molecule has 0 aromatic heterocycles. The minimum Gasteiger partial charge on any atom is -0.465 e. The number of carbonyl (C=O) groups excluding carboxylic acids is 3. The standard InChI is InChI=1S/C52H103N3O6/c1-7-11-15-19-23-27-35-47(36-28-24-20-16-12-8-2)50(56)59-45-33-31-39-49(61-52(58)54-42-41-53-43-44-55(5)6)40-32-34-46-60-51(57)48(37-29-25-21-17-13-9-3)38-30-26-22-18-14-10-4/h47-49,53H,7-46H2,1-6H3,(H,54,58). The predicted octanol–water partition coefficient (Wildman–Crippen LogP) is 13.9. The number of hydrogen-bond donors (Lipinski definition) is 2. The summed E-state index contributed by atoms with van der Waals surface area (Å²) in [6.45, 7) is 12.8. The first-order valence-corrected chi connectivity index (χ1v) is 26.4. The molecule has 0 bridgehead atoms. The lowest BCUT2D eigenvalue weighted by Crippen LogP contribution is -2.36. The molecule has 0 aromatic rings. The second-order valence-corrected chi connectivity index (χ2v) is 18.5. The van der Waals surface area contributed by atoms with Gasteiger partial charge in [-0.15, -0.1) is 0 Å². The van der Waals surface area contributed by atoms with Crippen molar-refractivity contribution < 1.29 is 28.6 Å². The van der Waals surface area contributed by atoms with E-state index in [1.165, 1.54) is 128 Å². The zero-order valence-corrected chi connectivity index (χ0v) is 41.4. The Hall–Kier alpha value is -1.87. The summed E-state index contributed by atoms with van der Waals surface area (Å²) in [6.07, 6.45) is 37.2. The Bertz CT molecular complexity index is 875. The van der Waals surface area contributed by atoms with Crippen LogP contribution in [0, 0.1) is 11.8 Å². The number of nitrogens with one attached hydrogen (secondary N) is 2. The van der Waals surface area contributed by atoms with Crippen molar-refractivity contribution in [1.29, 1.82) is 0 Å². The van der Waals surface area contributed by atoms with Crippen molar-refractivity contribution in [3.05, 3.63) is 0 Å². The van der Waals surface area contributed by atoms with E-state index in [0.29, 0.717) is 39.1 Å². The van der Waals surface area contributed by atoms with Gasteiger partial charge in [0.2, 0.25) is 0 Å². The van der Waals surface area contributed by atoms with E-state index in [0.717, 1.165) is 90.1 Å². The van der Waals surface area contributed by atoms with Crippen LogP contribution in [0.4, 0.5) is 4.79 Å². The smallest absolute Gasteiger partial charge is 0.407 e. The normalized spacial score (nSPS) is 11.6. The fourth-order valence-electron chi connectivity index (χ4n) is 8.11. The van der Waals surface area contributed by atoms with Gasteiger partial charge in [-0.05, 0) is 78.3 Å². The fraction of sp³-hybridized carbons (Fsp3) is 0.942. The zero-order chi connectivity index (χ0) is 44.9. The van der Waals surface area contributed by atoms with Crippen LogP contribution in [0.3, 0.4) is 0 Å². The topological polar surface area (TPSA) is 106 Å². The van der Waals surface area contributed by atoms with Crippen LogP contribution >= 0.6 is 0 Å². The number of amides is 1. The third-order valence-electron chi connectivity index (χ3n) is 12.2. The summed E-state index contributed by atoms with van der Waals surface area (Å²) in [4.78, 5) is 41.5. The maximum Gasteiger partial charge on any atom is 0.407 e. The molecule has 9 nitrogen and oxygen atoms in total. The van der Waals surface area contributed by atoms with Gasteiger partial charge in [-0.1, -0.05) is 182 Å². The molecule has 362 valence electrons. The summed E-state index contributed by atoms with van der Waals surface area (Å²) in [5, 5.41) is 6.25. The van der Waals surface area contributed by atoms with Crippen LogP contribution in [-0.2, 0) is 23.8 Å². The molecule has 0 unspecified atom stereocenters. The largest absolute Gasteiger partial charge is 0.465 e. The molecule has 0 rings (SSSR count). The van der Waals surface area contributed by atoms with Crippen LogP contribution in [0.25, 0.3) is 0 Å². The van der Waals surface area contributed by atoms with Gasteiger partial charge in [0.05, 0.1) is 25.0 Å². The van der Waals surface area contributed by atoms with Crippen molar-refractivity contribution in [3.8, 4) is 0 Å². The number of alkyl carbamates (subject to hydrolysis) is 1. The first-order chi connectivity index (χ1) is 29.8. The highest BCUT2D eigenvalue weighted by molar-refractivity contribution is 5.72. The maximum atomic E-state index is 13.3. The summed E-state index contributed by atoms with van der Waals surface area (Å²) in [7, 11) is 4.09. The van der Waals surface area contributed by atoms with Gasteiger partial charge in [0.25, 0.3) is 0 Å². The lowest BCUT2D eigenvalue weighted by Gasteiger charge is -2.19. The van der Waals surface area contributed by atoms with Gasteiger partial charge in [-0.3, -0.25) is 9.59 Å². The first kappa shape index (κ1) is 59.1. The number of nitrogens with zero attached hydrogens (tertiary/aromatic N) is 1. The van der Waals surface area contributed by atoms with Gasteiger partial charge in [0.15, 0.2) is 0 Å². The Balaban J connectivity index is 5.06. The Kier molecular flexibility index (Phi) is 44.7. The second kappa shape index (κ2) is 46.1. The van der Waals surface area contributed by atoms with Gasteiger partial charge in [0, 0.05) is 26.2 Å². The first-order valence-electron chi connectivity index (χ1n) is 26.4. The number of unbranched alkanes of at least 4 members (excludes halogenated alkanes) is 22. The van der Waals surface area contributed by atoms with Crippen molar-refractivity contribution in [2.75, 3.05) is 53.5 Å². The van der Waals surface area contributed by atoms with Crippen molar-refractivity contribution in [3.63, 3.8) is 0 Å². The van der Waals surface area contributed by atoms with E-state index in [1.807, 2.05) is 14.1 Å². The van der Waals surface area contributed by atoms with E-state index in [4.69, 9.17) is 14.2 Å². The Morgan fingerprint density at radius 3 is 1.13 bits per heavy atom. The molecule has 0 aliphatic rings. The van der Waals surface area contributed by atoms with Crippen LogP contribution in [0.15, 0.2) is 0 Å². The zero-order valence-electron chi connectivity index (χ0n) is 41.4. The minimum absolute atomic E-state index is 0.00461. The number of hydrogen-bond acceptors (Lipinski definition) is 8. The van der Waals surface area contributed by atoms with Gasteiger partial charge >= 0.3 is 18.0 Å². The molecule has 0 aliphatic carbocycles. The van der Waals surface area contributed by atoms with E-state index >= 15 is 0 Å². The van der Waals surface area contributed by atoms with Crippen molar-refractivity contribution in [2.45, 2.75) is 252 Å². The third kappa shape index (κ3) is 40.6. The molecular formula is C52H103N3O6. The Morgan fingerprint density at radius 2 is 0.770 bits per heavy atom. The number of rotatable bonds is 47. The van der Waals surface area contributed by atoms with Crippen molar-refractivity contribution in [2.24, 2.45) is 11.8 Å². The molecule has 0 radical (unpaired) electrons. The maximum absolute atomic E-state index is 13.3. The molecule has 0 atom stereocenters. The summed E-state index contributed by atoms with van der Waals surface area (Å²) < 4.78 is 17.7. The van der Waals surface area contributed by atoms with Crippen LogP contribution in [0.2, 0.25) is 0 Å². The lowest BCUT2D eigenvalue weighted by atomic mass is 9.94. The minimum atomic E-state index is -0.392. The van der Waals surface area contributed by atoms with E-state index < -0.39 is 6.09 Å². The molecule has 9 heteroatoms. The highest BCUT2D eigenvalue weighted by atomic mass is 16.6. The Morgan fingerprint density at radius 1 is 0.426 bits per heavy atom. The van der Waals surface area contributed by atoms with Gasteiger partial charge in [-0.25, -0.2) is 4.79 Å². The molecule has 0 aromatic carbocycles. The number of carbonyl (C=O) groups is 3. The average Bonchev–Trinajstić information content (AvgIpc) is 3.24. The third-order valence-corrected chi connectivity index (χ3v) is 12.2. The van der Waals surface area contributed by atoms with E-state index in [9.17, 15) is 14.4 Å². The summed E-state index contributed by atoms with van der Waals surface area (Å²) in [5.41, 5.74) is 0. The molecule has 0 aliphatic heterocycles. The molecule has 0 fully saturated rings. The van der Waals surface area contributed by atoms with Crippen molar-refractivity contribution in [1.82, 2.24) is 15.5 Å². The quantitative estimate of drug-likeness (QED) is 0.0354. The highest BCUT2D eigenvalue weighted by Crippen LogP contribution is 2.23. The number of ether oxygens (including phenoxy) is 3. The molecular weight excluding hydrogens is 763 g/mol. The predicted molar refractivity (Wildman–Crippen MR) is 258 cm³/mol. The average molecular weight is 866 g/mol. The molecule has 0 heterocycles. The summed E-state index contributed by atoms with van der Waals surface area (Å²) in [6, 6.07) is 0. The molecule has 61 heavy (non-hydrogen) atoms. The molecule has 2 N–H and O–H groups in total. The summed E-state index contributed by atoms with van der Waals surface area (Å²) in [5.74, 6) is -0.0385. The monoisotopic (exact) mass is 866 g/mol. The SMILES string of the molecule is CCCCCCCCC(CCCCCCCC)C(=O)OCCCCC(CCCCOC(=O)C(CCCCCCCC)CCCCCCCC)OC(=O)NCCNCCN(C)C. The second-order valence-electron chi connectivity index (χ2n) is 18.5. The van der Waals surface area contributed by atoms with Crippen LogP contribution < -0.4 is 10.6 Å². The number of esters is 2. The van der Waals surface area contributed by atoms with E-state index in [2.05, 4.69) is 43.2 Å². The lowest BCUT2D eigenvalue weighted by molar-refractivity contribution is -0.150. The summed E-state index contributed by atoms with van der Waals surface area (Å²) >= 11 is 0. The molecule has 0 saturated carbocycles. The van der Waals surface area contributed by atoms with Crippen LogP contribution in [-0.4, -0.2) is 82.5 Å². The van der Waals surface area contributed by atoms with Crippen LogP contribution in [0.5, 0.6) is 0 Å². The fourth-order valence-corrected chi connectivity index (χ4v) is 8.11. The molecule has 0 saturated heterocycles. The Labute approximate surface area is 378 Å². The van der Waals surface area contributed by atoms with E-state index in [-0.39, 0.29) is 29.9 Å². The van der Waals surface area contributed by atoms with Gasteiger partial charge in [0.1, 0.15) is 6.10 Å². The molecule has 1 amide bonds. The van der Waals surface area contributed by atoms with E-state index in [1.54, 1.807) is 0 Å². The highest BCUT2D eigenvalue weighted by Gasteiger charge is 2.21. The van der Waals surface area contributed by atoms with Crippen molar-refractivity contribution >= 4 is 18.0 Å². The van der Waals surface area contributed by atoms with Gasteiger partial charge < -0.3 is 29.7 Å². The van der Waals surface area contributed by atoms with Gasteiger partial charge in [-0.2, -0.15) is 0 Å².